The molecular weight excluding hydrogens is 406 g/mol. The molecule has 0 radical (unpaired) electrons. The lowest BCUT2D eigenvalue weighted by atomic mass is 10.2. The molecular formula is C21H21N3O7. The van der Waals surface area contributed by atoms with Crippen molar-refractivity contribution in [3.05, 3.63) is 53.9 Å². The second-order valence-corrected chi connectivity index (χ2v) is 6.16. The van der Waals surface area contributed by atoms with E-state index in [-0.39, 0.29) is 24.6 Å². The van der Waals surface area contributed by atoms with E-state index in [1.807, 2.05) is 12.1 Å². The minimum absolute atomic E-state index is 0.109. The number of carbonyl (C=O) groups excluding carboxylic acids is 2. The van der Waals surface area contributed by atoms with Gasteiger partial charge in [0.15, 0.2) is 6.61 Å². The molecule has 2 aromatic carbocycles. The van der Waals surface area contributed by atoms with Crippen LogP contribution in [0.5, 0.6) is 17.2 Å². The summed E-state index contributed by atoms with van der Waals surface area (Å²) in [6, 6.07) is 11.9. The zero-order valence-electron chi connectivity index (χ0n) is 17.2. The second kappa shape index (κ2) is 10.1. The lowest BCUT2D eigenvalue weighted by Crippen LogP contribution is -2.30. The first kappa shape index (κ1) is 21.6. The SMILES string of the molecule is COc1cc(OC)cc(C(=O)NCC(=O)OCc2nc(-c3ccccc3OC)no2)c1. The highest BCUT2D eigenvalue weighted by Crippen LogP contribution is 2.27. The highest BCUT2D eigenvalue weighted by Gasteiger charge is 2.15. The molecule has 3 rings (SSSR count). The number of rotatable bonds is 9. The topological polar surface area (TPSA) is 122 Å². The molecule has 10 heteroatoms. The van der Waals surface area contributed by atoms with Gasteiger partial charge in [0.2, 0.25) is 5.82 Å². The Hall–Kier alpha value is -4.08. The monoisotopic (exact) mass is 427 g/mol. The number of benzene rings is 2. The van der Waals surface area contributed by atoms with E-state index in [0.29, 0.717) is 28.6 Å². The van der Waals surface area contributed by atoms with Gasteiger partial charge in [-0.1, -0.05) is 17.3 Å². The smallest absolute Gasteiger partial charge is 0.325 e. The largest absolute Gasteiger partial charge is 0.497 e. The van der Waals surface area contributed by atoms with Crippen molar-refractivity contribution in [3.63, 3.8) is 0 Å². The van der Waals surface area contributed by atoms with Crippen molar-refractivity contribution in [2.75, 3.05) is 27.9 Å². The Morgan fingerprint density at radius 1 is 1.00 bits per heavy atom. The van der Waals surface area contributed by atoms with Gasteiger partial charge in [-0.05, 0) is 24.3 Å². The van der Waals surface area contributed by atoms with Gasteiger partial charge in [-0.25, -0.2) is 0 Å². The number of amides is 1. The van der Waals surface area contributed by atoms with Gasteiger partial charge in [-0.2, -0.15) is 4.98 Å². The van der Waals surface area contributed by atoms with Gasteiger partial charge in [0.05, 0.1) is 26.9 Å². The molecule has 0 saturated carbocycles. The first-order valence-electron chi connectivity index (χ1n) is 9.17. The summed E-state index contributed by atoms with van der Waals surface area (Å²) in [5.41, 5.74) is 0.926. The lowest BCUT2D eigenvalue weighted by molar-refractivity contribution is -0.144. The highest BCUT2D eigenvalue weighted by atomic mass is 16.6. The van der Waals surface area contributed by atoms with Crippen LogP contribution in [0, 0.1) is 0 Å². The van der Waals surface area contributed by atoms with Gasteiger partial charge in [0, 0.05) is 11.6 Å². The van der Waals surface area contributed by atoms with Crippen LogP contribution in [-0.2, 0) is 16.1 Å². The number of aromatic nitrogens is 2. The van der Waals surface area contributed by atoms with Crippen molar-refractivity contribution in [1.82, 2.24) is 15.5 Å². The second-order valence-electron chi connectivity index (χ2n) is 6.16. The molecule has 162 valence electrons. The van der Waals surface area contributed by atoms with E-state index in [1.54, 1.807) is 18.2 Å². The highest BCUT2D eigenvalue weighted by molar-refractivity contribution is 5.96. The van der Waals surface area contributed by atoms with Gasteiger partial charge in [-0.15, -0.1) is 0 Å². The first-order chi connectivity index (χ1) is 15.0. The lowest BCUT2D eigenvalue weighted by Gasteiger charge is -2.09. The Kier molecular flexibility index (Phi) is 7.05. The van der Waals surface area contributed by atoms with Crippen molar-refractivity contribution in [2.24, 2.45) is 0 Å². The van der Waals surface area contributed by atoms with Crippen molar-refractivity contribution in [2.45, 2.75) is 6.61 Å². The molecule has 0 saturated heterocycles. The molecule has 0 spiro atoms. The fraction of sp³-hybridized carbons (Fsp3) is 0.238. The number of carbonyl (C=O) groups is 2. The number of methoxy groups -OCH3 is 3. The van der Waals surface area contributed by atoms with Crippen LogP contribution in [0.15, 0.2) is 47.0 Å². The Bertz CT molecular complexity index is 1040. The standard InChI is InChI=1S/C21H21N3O7/c1-27-14-8-13(9-15(10-14)28-2)21(26)22-11-19(25)30-12-18-23-20(24-31-18)16-6-4-5-7-17(16)29-3/h4-10H,11-12H2,1-3H3,(H,22,26). The molecule has 1 heterocycles. The maximum atomic E-state index is 12.3. The van der Waals surface area contributed by atoms with Crippen LogP contribution in [-0.4, -0.2) is 49.9 Å². The molecule has 0 unspecified atom stereocenters. The third kappa shape index (κ3) is 5.50. The zero-order chi connectivity index (χ0) is 22.2. The molecule has 0 aliphatic heterocycles. The van der Waals surface area contributed by atoms with E-state index >= 15 is 0 Å². The van der Waals surface area contributed by atoms with Gasteiger partial charge >= 0.3 is 5.97 Å². The number of hydrogen-bond donors (Lipinski definition) is 1. The summed E-state index contributed by atoms with van der Waals surface area (Å²) in [7, 11) is 4.49. The van der Waals surface area contributed by atoms with Crippen LogP contribution in [0.3, 0.4) is 0 Å². The van der Waals surface area contributed by atoms with Crippen molar-refractivity contribution < 1.29 is 33.1 Å². The number of ether oxygens (including phenoxy) is 4. The Labute approximate surface area is 178 Å². The van der Waals surface area contributed by atoms with E-state index in [0.717, 1.165) is 0 Å². The van der Waals surface area contributed by atoms with Crippen LogP contribution >= 0.6 is 0 Å². The summed E-state index contributed by atoms with van der Waals surface area (Å²) in [6.45, 7) is -0.574. The maximum Gasteiger partial charge on any atom is 0.325 e. The number of esters is 1. The molecule has 0 bridgehead atoms. The summed E-state index contributed by atoms with van der Waals surface area (Å²) >= 11 is 0. The van der Waals surface area contributed by atoms with E-state index in [4.69, 9.17) is 23.5 Å². The number of para-hydroxylation sites is 1. The average Bonchev–Trinajstić information content (AvgIpc) is 3.29. The number of hydrogen-bond acceptors (Lipinski definition) is 9. The van der Waals surface area contributed by atoms with Crippen LogP contribution < -0.4 is 19.5 Å². The van der Waals surface area contributed by atoms with Crippen LogP contribution in [0.2, 0.25) is 0 Å². The Morgan fingerprint density at radius 3 is 2.39 bits per heavy atom. The molecule has 1 amide bonds. The van der Waals surface area contributed by atoms with Crippen LogP contribution in [0.4, 0.5) is 0 Å². The quantitative estimate of drug-likeness (QED) is 0.512. The third-order valence-electron chi connectivity index (χ3n) is 4.18. The van der Waals surface area contributed by atoms with Crippen LogP contribution in [0.1, 0.15) is 16.2 Å². The summed E-state index contributed by atoms with van der Waals surface area (Å²) in [5, 5.41) is 6.34. The minimum atomic E-state index is -0.666. The van der Waals surface area contributed by atoms with E-state index in [1.165, 1.54) is 33.5 Å². The van der Waals surface area contributed by atoms with Crippen molar-refractivity contribution >= 4 is 11.9 Å². The molecule has 0 aliphatic carbocycles. The molecule has 10 nitrogen and oxygen atoms in total. The minimum Gasteiger partial charge on any atom is -0.497 e. The van der Waals surface area contributed by atoms with E-state index in [2.05, 4.69) is 15.5 Å². The number of nitrogens with zero attached hydrogens (tertiary/aromatic N) is 2. The van der Waals surface area contributed by atoms with Gasteiger partial charge in [0.25, 0.3) is 11.8 Å². The molecule has 3 aromatic rings. The normalized spacial score (nSPS) is 10.3. The summed E-state index contributed by atoms with van der Waals surface area (Å²) in [5.74, 6) is 0.764. The van der Waals surface area contributed by atoms with Gasteiger partial charge < -0.3 is 28.8 Å². The third-order valence-corrected chi connectivity index (χ3v) is 4.18. The zero-order valence-corrected chi connectivity index (χ0v) is 17.2. The van der Waals surface area contributed by atoms with Crippen molar-refractivity contribution in [3.8, 4) is 28.6 Å². The van der Waals surface area contributed by atoms with Gasteiger partial charge in [0.1, 0.15) is 23.8 Å². The summed E-state index contributed by atoms with van der Waals surface area (Å²) < 4.78 is 25.7. The molecule has 1 aromatic heterocycles. The maximum absolute atomic E-state index is 12.3. The predicted octanol–water partition coefficient (Wildman–Crippen LogP) is 2.24. The summed E-state index contributed by atoms with van der Waals surface area (Å²) in [6.07, 6.45) is 0. The van der Waals surface area contributed by atoms with Crippen molar-refractivity contribution in [1.29, 1.82) is 0 Å². The Morgan fingerprint density at radius 2 is 1.71 bits per heavy atom. The summed E-state index contributed by atoms with van der Waals surface area (Å²) in [4.78, 5) is 28.5. The number of nitrogens with one attached hydrogen (secondary N) is 1. The fourth-order valence-electron chi connectivity index (χ4n) is 2.64. The molecule has 0 aliphatic rings. The molecule has 1 N–H and O–H groups in total. The molecule has 0 fully saturated rings. The fourth-order valence-corrected chi connectivity index (χ4v) is 2.64. The van der Waals surface area contributed by atoms with Crippen LogP contribution in [0.25, 0.3) is 11.4 Å². The predicted molar refractivity (Wildman–Crippen MR) is 108 cm³/mol. The van der Waals surface area contributed by atoms with E-state index < -0.39 is 11.9 Å². The molecule has 31 heavy (non-hydrogen) atoms. The van der Waals surface area contributed by atoms with Gasteiger partial charge in [-0.3, -0.25) is 9.59 Å². The first-order valence-corrected chi connectivity index (χ1v) is 9.17. The van der Waals surface area contributed by atoms with E-state index in [9.17, 15) is 9.59 Å². The molecule has 0 atom stereocenters. The Balaban J connectivity index is 1.53. The average molecular weight is 427 g/mol.